The van der Waals surface area contributed by atoms with Gasteiger partial charge in [-0.3, -0.25) is 14.4 Å². The van der Waals surface area contributed by atoms with Gasteiger partial charge in [0.05, 0.1) is 11.5 Å². The Morgan fingerprint density at radius 2 is 1.56 bits per heavy atom. The summed E-state index contributed by atoms with van der Waals surface area (Å²) in [6.45, 7) is 4.02. The van der Waals surface area contributed by atoms with Crippen LogP contribution in [0.15, 0.2) is 24.3 Å². The Morgan fingerprint density at radius 3 is 2.12 bits per heavy atom. The molecule has 0 spiro atoms. The fraction of sp³-hybridized carbons (Fsp3) is 0.471. The summed E-state index contributed by atoms with van der Waals surface area (Å²) in [6.07, 6.45) is 0.479. The smallest absolute Gasteiger partial charge is 0.234 e. The minimum Gasteiger partial charge on any atom is -0.339 e. The lowest BCUT2D eigenvalue weighted by Gasteiger charge is -2.34. The van der Waals surface area contributed by atoms with Crippen molar-refractivity contribution in [2.24, 2.45) is 0 Å². The van der Waals surface area contributed by atoms with Gasteiger partial charge in [0.2, 0.25) is 17.7 Å². The maximum atomic E-state index is 12.8. The first-order valence-electron chi connectivity index (χ1n) is 8.18. The molecule has 0 radical (unpaired) electrons. The zero-order valence-electron chi connectivity index (χ0n) is 14.2. The molecule has 1 saturated heterocycles. The largest absolute Gasteiger partial charge is 0.339 e. The Hall–Kier alpha value is -2.09. The fourth-order valence-electron chi connectivity index (χ4n) is 2.48. The predicted molar refractivity (Wildman–Crippen MR) is 95.8 cm³/mol. The lowest BCUT2D eigenvalue weighted by molar-refractivity contribution is -0.137. The number of anilines is 1. The molecular formula is C17H22FN3O3S. The highest BCUT2D eigenvalue weighted by Crippen LogP contribution is 2.11. The van der Waals surface area contributed by atoms with Crippen molar-refractivity contribution in [3.05, 3.63) is 30.1 Å². The van der Waals surface area contributed by atoms with E-state index in [0.717, 1.165) is 0 Å². The van der Waals surface area contributed by atoms with Crippen molar-refractivity contribution in [3.8, 4) is 0 Å². The summed E-state index contributed by atoms with van der Waals surface area (Å²) in [7, 11) is 0. The SMILES string of the molecule is CCC(=O)N1CCN(C(=O)CSCC(=O)Nc2ccc(F)cc2)CC1. The molecule has 0 aromatic heterocycles. The average Bonchev–Trinajstić information content (AvgIpc) is 2.63. The molecule has 1 aromatic rings. The monoisotopic (exact) mass is 367 g/mol. The van der Waals surface area contributed by atoms with Crippen LogP contribution >= 0.6 is 11.8 Å². The van der Waals surface area contributed by atoms with E-state index in [1.54, 1.807) is 9.80 Å². The third kappa shape index (κ3) is 6.04. The molecule has 1 aromatic carbocycles. The molecule has 2 rings (SSSR count). The lowest BCUT2D eigenvalue weighted by Crippen LogP contribution is -2.51. The summed E-state index contributed by atoms with van der Waals surface area (Å²) in [5.41, 5.74) is 0.523. The van der Waals surface area contributed by atoms with E-state index in [1.165, 1.54) is 36.0 Å². The second-order valence-corrected chi connectivity index (χ2v) is 6.65. The van der Waals surface area contributed by atoms with Crippen LogP contribution in [0.1, 0.15) is 13.3 Å². The van der Waals surface area contributed by atoms with Crippen LogP contribution in [-0.4, -0.2) is 65.2 Å². The summed E-state index contributed by atoms with van der Waals surface area (Å²) in [6, 6.07) is 5.52. The van der Waals surface area contributed by atoms with Crippen molar-refractivity contribution in [1.82, 2.24) is 9.80 Å². The van der Waals surface area contributed by atoms with E-state index in [9.17, 15) is 18.8 Å². The zero-order chi connectivity index (χ0) is 18.2. The van der Waals surface area contributed by atoms with Crippen LogP contribution in [0.25, 0.3) is 0 Å². The molecule has 1 aliphatic heterocycles. The summed E-state index contributed by atoms with van der Waals surface area (Å²) in [4.78, 5) is 39.1. The van der Waals surface area contributed by atoms with Crippen molar-refractivity contribution in [3.63, 3.8) is 0 Å². The highest BCUT2D eigenvalue weighted by Gasteiger charge is 2.23. The predicted octanol–water partition coefficient (Wildman–Crippen LogP) is 1.58. The van der Waals surface area contributed by atoms with Gasteiger partial charge in [-0.1, -0.05) is 6.92 Å². The summed E-state index contributed by atoms with van der Waals surface area (Å²) >= 11 is 1.24. The molecule has 1 fully saturated rings. The van der Waals surface area contributed by atoms with Gasteiger partial charge in [-0.25, -0.2) is 4.39 Å². The van der Waals surface area contributed by atoms with Gasteiger partial charge in [-0.05, 0) is 24.3 Å². The second-order valence-electron chi connectivity index (χ2n) is 5.66. The van der Waals surface area contributed by atoms with Crippen molar-refractivity contribution in [2.75, 3.05) is 43.0 Å². The number of carbonyl (C=O) groups is 3. The van der Waals surface area contributed by atoms with Crippen LogP contribution in [-0.2, 0) is 14.4 Å². The molecule has 0 saturated carbocycles. The van der Waals surface area contributed by atoms with Gasteiger partial charge in [0.15, 0.2) is 0 Å². The molecule has 8 heteroatoms. The Bertz CT molecular complexity index is 616. The van der Waals surface area contributed by atoms with E-state index in [0.29, 0.717) is 38.3 Å². The molecule has 0 aliphatic carbocycles. The third-order valence-corrected chi connectivity index (χ3v) is 4.79. The first-order chi connectivity index (χ1) is 12.0. The van der Waals surface area contributed by atoms with Crippen LogP contribution in [0.5, 0.6) is 0 Å². The van der Waals surface area contributed by atoms with Gasteiger partial charge in [0, 0.05) is 38.3 Å². The van der Waals surface area contributed by atoms with Crippen LogP contribution in [0, 0.1) is 5.82 Å². The molecule has 6 nitrogen and oxygen atoms in total. The van der Waals surface area contributed by atoms with E-state index in [1.807, 2.05) is 6.92 Å². The number of thioether (sulfide) groups is 1. The second kappa shape index (κ2) is 9.41. The topological polar surface area (TPSA) is 69.7 Å². The molecule has 25 heavy (non-hydrogen) atoms. The van der Waals surface area contributed by atoms with Gasteiger partial charge in [-0.2, -0.15) is 0 Å². The van der Waals surface area contributed by atoms with E-state index in [4.69, 9.17) is 0 Å². The molecular weight excluding hydrogens is 345 g/mol. The van der Waals surface area contributed by atoms with Crippen LogP contribution in [0.4, 0.5) is 10.1 Å². The normalized spacial score (nSPS) is 14.3. The Morgan fingerprint density at radius 1 is 1.00 bits per heavy atom. The molecule has 1 N–H and O–H groups in total. The Labute approximate surface area is 150 Å². The first kappa shape index (κ1) is 19.2. The standard InChI is InChI=1S/C17H22FN3O3S/c1-2-16(23)20-7-9-21(10-8-20)17(24)12-25-11-15(22)19-14-5-3-13(18)4-6-14/h3-6H,2,7-12H2,1H3,(H,19,22). The highest BCUT2D eigenvalue weighted by molar-refractivity contribution is 8.00. The number of hydrogen-bond donors (Lipinski definition) is 1. The van der Waals surface area contributed by atoms with E-state index in [2.05, 4.69) is 5.32 Å². The van der Waals surface area contributed by atoms with E-state index >= 15 is 0 Å². The third-order valence-electron chi connectivity index (χ3n) is 3.87. The molecule has 0 unspecified atom stereocenters. The lowest BCUT2D eigenvalue weighted by atomic mass is 10.3. The Balaban J connectivity index is 1.66. The number of halogens is 1. The van der Waals surface area contributed by atoms with E-state index < -0.39 is 0 Å². The summed E-state index contributed by atoms with van der Waals surface area (Å²) < 4.78 is 12.8. The van der Waals surface area contributed by atoms with E-state index in [-0.39, 0.29) is 35.0 Å². The molecule has 0 atom stereocenters. The maximum Gasteiger partial charge on any atom is 0.234 e. The van der Waals surface area contributed by atoms with Crippen LogP contribution in [0.3, 0.4) is 0 Å². The number of nitrogens with zero attached hydrogens (tertiary/aromatic N) is 2. The Kier molecular flexibility index (Phi) is 7.24. The van der Waals surface area contributed by atoms with Crippen molar-refractivity contribution in [2.45, 2.75) is 13.3 Å². The number of benzene rings is 1. The molecule has 3 amide bonds. The number of hydrogen-bond acceptors (Lipinski definition) is 4. The number of rotatable bonds is 6. The first-order valence-corrected chi connectivity index (χ1v) is 9.33. The summed E-state index contributed by atoms with van der Waals surface area (Å²) in [5, 5.41) is 2.65. The highest BCUT2D eigenvalue weighted by atomic mass is 32.2. The molecule has 1 aliphatic rings. The van der Waals surface area contributed by atoms with Crippen molar-refractivity contribution < 1.29 is 18.8 Å². The van der Waals surface area contributed by atoms with Gasteiger partial charge < -0.3 is 15.1 Å². The fourth-order valence-corrected chi connectivity index (χ4v) is 3.20. The molecule has 1 heterocycles. The van der Waals surface area contributed by atoms with Crippen molar-refractivity contribution in [1.29, 1.82) is 0 Å². The number of nitrogens with one attached hydrogen (secondary N) is 1. The maximum absolute atomic E-state index is 12.8. The minimum atomic E-state index is -0.362. The van der Waals surface area contributed by atoms with Gasteiger partial charge in [-0.15, -0.1) is 11.8 Å². The minimum absolute atomic E-state index is 0.0248. The number of piperazine rings is 1. The number of carbonyl (C=O) groups excluding carboxylic acids is 3. The van der Waals surface area contributed by atoms with Gasteiger partial charge in [0.25, 0.3) is 0 Å². The number of amides is 3. The van der Waals surface area contributed by atoms with Crippen LogP contribution < -0.4 is 5.32 Å². The van der Waals surface area contributed by atoms with Gasteiger partial charge in [0.1, 0.15) is 5.82 Å². The quantitative estimate of drug-likeness (QED) is 0.829. The average molecular weight is 367 g/mol. The van der Waals surface area contributed by atoms with Gasteiger partial charge >= 0.3 is 0 Å². The summed E-state index contributed by atoms with van der Waals surface area (Å²) in [5.74, 6) is -0.140. The molecule has 136 valence electrons. The van der Waals surface area contributed by atoms with Crippen molar-refractivity contribution >= 4 is 35.2 Å². The molecule has 0 bridgehead atoms. The zero-order valence-corrected chi connectivity index (χ0v) is 15.0. The van der Waals surface area contributed by atoms with Crippen LogP contribution in [0.2, 0.25) is 0 Å².